The van der Waals surface area contributed by atoms with Gasteiger partial charge in [-0.25, -0.2) is 4.57 Å². The van der Waals surface area contributed by atoms with E-state index in [1.54, 1.807) is 0 Å². The summed E-state index contributed by atoms with van der Waals surface area (Å²) in [5.74, 6) is -0.235. The van der Waals surface area contributed by atoms with Crippen LogP contribution in [0, 0.1) is 5.92 Å². The van der Waals surface area contributed by atoms with Gasteiger partial charge in [0.2, 0.25) is 0 Å². The maximum atomic E-state index is 12.3. The molecule has 10 heteroatoms. The molecule has 3 atom stereocenters. The summed E-state index contributed by atoms with van der Waals surface area (Å²) < 4.78 is 31.9. The zero-order valence-corrected chi connectivity index (χ0v) is 29.0. The molecule has 9 nitrogen and oxygen atoms in total. The Morgan fingerprint density at radius 2 is 1.36 bits per heavy atom. The van der Waals surface area contributed by atoms with Crippen LogP contribution in [0.4, 0.5) is 0 Å². The van der Waals surface area contributed by atoms with Gasteiger partial charge in [-0.15, -0.1) is 0 Å². The molecule has 1 rings (SSSR count). The van der Waals surface area contributed by atoms with Gasteiger partial charge in [-0.05, 0) is 57.3 Å². The zero-order chi connectivity index (χ0) is 33.2. The minimum absolute atomic E-state index is 0.130. The second kappa shape index (κ2) is 26.3. The van der Waals surface area contributed by atoms with Gasteiger partial charge < -0.3 is 24.0 Å². The van der Waals surface area contributed by atoms with Gasteiger partial charge in [0.05, 0.1) is 18.8 Å². The topological polar surface area (TPSA) is 132 Å². The number of hydrogen-bond acceptors (Lipinski definition) is 7. The van der Waals surface area contributed by atoms with Crippen molar-refractivity contribution in [3.05, 3.63) is 36.5 Å². The largest absolute Gasteiger partial charge is 0.469 e. The van der Waals surface area contributed by atoms with E-state index >= 15 is 0 Å². The maximum absolute atomic E-state index is 12.3. The van der Waals surface area contributed by atoms with Crippen LogP contribution in [-0.2, 0) is 32.9 Å². The average Bonchev–Trinajstić information content (AvgIpc) is 3.74. The third-order valence-electron chi connectivity index (χ3n) is 7.49. The number of rotatable bonds is 29. The third-order valence-corrected chi connectivity index (χ3v) is 7.98. The quantitative estimate of drug-likeness (QED) is 0.0267. The van der Waals surface area contributed by atoms with Gasteiger partial charge in [0.15, 0.2) is 6.10 Å². The molecule has 1 aliphatic heterocycles. The first-order valence-corrected chi connectivity index (χ1v) is 18.8. The number of carbonyl (C=O) groups is 2. The molecule has 1 aliphatic rings. The Bertz CT molecular complexity index is 909. The van der Waals surface area contributed by atoms with E-state index in [-0.39, 0.29) is 19.4 Å². The van der Waals surface area contributed by atoms with Gasteiger partial charge in [-0.3, -0.25) is 14.1 Å². The van der Waals surface area contributed by atoms with Crippen molar-refractivity contribution in [1.82, 2.24) is 0 Å². The molecule has 0 aromatic rings. The first-order valence-electron chi connectivity index (χ1n) is 17.3. The molecule has 0 bridgehead atoms. The molecule has 0 aromatic carbocycles. The van der Waals surface area contributed by atoms with Crippen LogP contribution in [0.25, 0.3) is 0 Å². The summed E-state index contributed by atoms with van der Waals surface area (Å²) in [5.41, 5.74) is 0. The molecule has 0 aromatic heterocycles. The van der Waals surface area contributed by atoms with Crippen LogP contribution in [0.2, 0.25) is 0 Å². The molecule has 0 saturated carbocycles. The van der Waals surface area contributed by atoms with Crippen molar-refractivity contribution in [1.29, 1.82) is 0 Å². The highest BCUT2D eigenvalue weighted by atomic mass is 31.2. The summed E-state index contributed by atoms with van der Waals surface area (Å²) in [5, 5.41) is 0. The molecule has 1 fully saturated rings. The standard InChI is InChI=1S/C35H61O9P/c1-4-5-6-7-14-19-24-32-33(44-32)25-20-15-9-8-10-17-22-27-35(37)43-31(29-42-45(38,39)40)28-41-34(36)26-21-16-12-11-13-18-23-30(2)3/h8,10,14-15,19-20,30-33H,4-7,9,11-13,16-18,21-29H2,1-3H3,(H2,38,39,40)/b10-8-,19-14-,20-15-/t31-,32?,33?/m1/s1. The fraction of sp³-hybridized carbons (Fsp3) is 0.771. The van der Waals surface area contributed by atoms with E-state index in [0.29, 0.717) is 31.5 Å². The lowest BCUT2D eigenvalue weighted by Crippen LogP contribution is -2.29. The van der Waals surface area contributed by atoms with Crippen molar-refractivity contribution in [2.45, 2.75) is 155 Å². The van der Waals surface area contributed by atoms with Crippen molar-refractivity contribution in [2.75, 3.05) is 13.2 Å². The van der Waals surface area contributed by atoms with Crippen LogP contribution >= 0.6 is 7.82 Å². The molecule has 0 radical (unpaired) electrons. The fourth-order valence-electron chi connectivity index (χ4n) is 4.77. The van der Waals surface area contributed by atoms with E-state index < -0.39 is 32.5 Å². The number of allylic oxidation sites excluding steroid dienone is 4. The number of phosphoric acid groups is 1. The molecule has 1 saturated heterocycles. The summed E-state index contributed by atoms with van der Waals surface area (Å²) in [6.45, 7) is 5.80. The summed E-state index contributed by atoms with van der Waals surface area (Å²) in [6, 6.07) is 0. The number of ether oxygens (including phenoxy) is 3. The predicted molar refractivity (Wildman–Crippen MR) is 179 cm³/mol. The fourth-order valence-corrected chi connectivity index (χ4v) is 5.13. The van der Waals surface area contributed by atoms with Crippen molar-refractivity contribution in [2.24, 2.45) is 5.92 Å². The van der Waals surface area contributed by atoms with E-state index in [1.165, 1.54) is 38.5 Å². The molecule has 1 heterocycles. The average molecular weight is 657 g/mol. The van der Waals surface area contributed by atoms with E-state index in [1.807, 2.05) is 6.08 Å². The number of phosphoric ester groups is 1. The van der Waals surface area contributed by atoms with Crippen molar-refractivity contribution >= 4 is 19.8 Å². The van der Waals surface area contributed by atoms with Gasteiger partial charge in [0, 0.05) is 12.8 Å². The third kappa shape index (κ3) is 27.1. The maximum Gasteiger partial charge on any atom is 0.469 e. The minimum Gasteiger partial charge on any atom is -0.462 e. The Morgan fingerprint density at radius 3 is 2.04 bits per heavy atom. The van der Waals surface area contributed by atoms with Crippen LogP contribution in [0.1, 0.15) is 136 Å². The van der Waals surface area contributed by atoms with Crippen LogP contribution in [0.15, 0.2) is 36.5 Å². The second-order valence-electron chi connectivity index (χ2n) is 12.4. The minimum atomic E-state index is -4.76. The number of hydrogen-bond donors (Lipinski definition) is 2. The summed E-state index contributed by atoms with van der Waals surface area (Å²) in [6.07, 6.45) is 29.3. The van der Waals surface area contributed by atoms with Gasteiger partial charge in [0.1, 0.15) is 6.61 Å². The Labute approximate surface area is 272 Å². The number of epoxide rings is 1. The molecular formula is C35H61O9P. The van der Waals surface area contributed by atoms with Crippen molar-refractivity contribution in [3.63, 3.8) is 0 Å². The van der Waals surface area contributed by atoms with Crippen molar-refractivity contribution < 1.29 is 42.7 Å². The molecule has 2 unspecified atom stereocenters. The SMILES string of the molecule is CCCCC/C=C\CC1OC1C/C=C\C/C=C\CCCC(=O)O[C@H](COC(=O)CCCCCCCCC(C)C)COP(=O)(O)O. The Hall–Kier alpha value is -1.77. The second-order valence-corrected chi connectivity index (χ2v) is 13.6. The van der Waals surface area contributed by atoms with Gasteiger partial charge in [-0.2, -0.15) is 0 Å². The monoisotopic (exact) mass is 656 g/mol. The summed E-state index contributed by atoms with van der Waals surface area (Å²) in [7, 11) is -4.76. The van der Waals surface area contributed by atoms with E-state index in [2.05, 4.69) is 55.7 Å². The van der Waals surface area contributed by atoms with E-state index in [9.17, 15) is 14.2 Å². The predicted octanol–water partition coefficient (Wildman–Crippen LogP) is 8.68. The summed E-state index contributed by atoms with van der Waals surface area (Å²) in [4.78, 5) is 42.5. The normalized spacial score (nSPS) is 17.6. The van der Waals surface area contributed by atoms with Crippen molar-refractivity contribution in [3.8, 4) is 0 Å². The summed E-state index contributed by atoms with van der Waals surface area (Å²) >= 11 is 0. The zero-order valence-electron chi connectivity index (χ0n) is 28.1. The van der Waals surface area contributed by atoms with Crippen LogP contribution in [-0.4, -0.2) is 53.3 Å². The number of carbonyl (C=O) groups excluding carboxylic acids is 2. The molecule has 0 aliphatic carbocycles. The van der Waals surface area contributed by atoms with Crippen LogP contribution in [0.5, 0.6) is 0 Å². The number of unbranched alkanes of at least 4 members (excludes halogenated alkanes) is 9. The molecular weight excluding hydrogens is 595 g/mol. The smallest absolute Gasteiger partial charge is 0.462 e. The van der Waals surface area contributed by atoms with Gasteiger partial charge >= 0.3 is 19.8 Å². The molecule has 260 valence electrons. The van der Waals surface area contributed by atoms with Gasteiger partial charge in [0.25, 0.3) is 0 Å². The first kappa shape index (κ1) is 41.3. The molecule has 0 spiro atoms. The van der Waals surface area contributed by atoms with E-state index in [4.69, 9.17) is 24.0 Å². The first-order chi connectivity index (χ1) is 21.6. The lowest BCUT2D eigenvalue weighted by atomic mass is 10.0. The van der Waals surface area contributed by atoms with Gasteiger partial charge in [-0.1, -0.05) is 109 Å². The number of esters is 2. The highest BCUT2D eigenvalue weighted by Gasteiger charge is 2.35. The lowest BCUT2D eigenvalue weighted by molar-refractivity contribution is -0.161. The van der Waals surface area contributed by atoms with Crippen LogP contribution < -0.4 is 0 Å². The molecule has 0 amide bonds. The van der Waals surface area contributed by atoms with Crippen LogP contribution in [0.3, 0.4) is 0 Å². The lowest BCUT2D eigenvalue weighted by Gasteiger charge is -2.18. The molecule has 45 heavy (non-hydrogen) atoms. The highest BCUT2D eigenvalue weighted by Crippen LogP contribution is 2.36. The Morgan fingerprint density at radius 1 is 0.756 bits per heavy atom. The van der Waals surface area contributed by atoms with E-state index in [0.717, 1.165) is 50.9 Å². The Balaban J connectivity index is 2.18. The highest BCUT2D eigenvalue weighted by molar-refractivity contribution is 7.46. The Kier molecular flexibility index (Phi) is 24.1. The molecule has 2 N–H and O–H groups in total.